The molecule has 1 unspecified atom stereocenters. The van der Waals surface area contributed by atoms with Crippen LogP contribution in [0.2, 0.25) is 0 Å². The van der Waals surface area contributed by atoms with Crippen LogP contribution in [0.25, 0.3) is 0 Å². The molecule has 3 heteroatoms. The van der Waals surface area contributed by atoms with Gasteiger partial charge in [-0.15, -0.1) is 11.6 Å². The van der Waals surface area contributed by atoms with Crippen LogP contribution in [0.4, 0.5) is 0 Å². The standard InChI is InChI=1S/C10H10ClNO/c1-7(11)8-3-4-10(13-2)9(5-8)6-12/h3-5,7H,1-2H3. The van der Waals surface area contributed by atoms with Gasteiger partial charge in [0.1, 0.15) is 11.8 Å². The normalized spacial score (nSPS) is 11.8. The summed E-state index contributed by atoms with van der Waals surface area (Å²) in [7, 11) is 1.54. The Morgan fingerprint density at radius 2 is 2.23 bits per heavy atom. The summed E-state index contributed by atoms with van der Waals surface area (Å²) in [6, 6.07) is 7.42. The van der Waals surface area contributed by atoms with Gasteiger partial charge >= 0.3 is 0 Å². The molecule has 0 amide bonds. The summed E-state index contributed by atoms with van der Waals surface area (Å²) < 4.78 is 5.01. The average molecular weight is 196 g/mol. The maximum absolute atomic E-state index is 8.78. The van der Waals surface area contributed by atoms with Gasteiger partial charge in [-0.3, -0.25) is 0 Å². The summed E-state index contributed by atoms with van der Waals surface area (Å²) in [5.41, 5.74) is 1.45. The van der Waals surface area contributed by atoms with Crippen molar-refractivity contribution in [2.45, 2.75) is 12.3 Å². The van der Waals surface area contributed by atoms with Crippen LogP contribution in [-0.4, -0.2) is 7.11 Å². The minimum absolute atomic E-state index is 0.0852. The van der Waals surface area contributed by atoms with Crippen molar-refractivity contribution < 1.29 is 4.74 Å². The summed E-state index contributed by atoms with van der Waals surface area (Å²) in [5.74, 6) is 0.587. The molecular formula is C10H10ClNO. The van der Waals surface area contributed by atoms with Gasteiger partial charge in [-0.2, -0.15) is 5.26 Å². The monoisotopic (exact) mass is 195 g/mol. The SMILES string of the molecule is COc1ccc(C(C)Cl)cc1C#N. The highest BCUT2D eigenvalue weighted by Crippen LogP contribution is 2.25. The Bertz CT molecular complexity index is 341. The third-order valence-corrected chi connectivity index (χ3v) is 2.06. The Morgan fingerprint density at radius 3 is 2.69 bits per heavy atom. The van der Waals surface area contributed by atoms with Crippen LogP contribution in [0.15, 0.2) is 18.2 Å². The summed E-state index contributed by atoms with van der Waals surface area (Å²) in [6.07, 6.45) is 0. The summed E-state index contributed by atoms with van der Waals surface area (Å²) in [6.45, 7) is 1.87. The lowest BCUT2D eigenvalue weighted by Gasteiger charge is -2.06. The number of nitrogens with zero attached hydrogens (tertiary/aromatic N) is 1. The predicted octanol–water partition coefficient (Wildman–Crippen LogP) is 2.87. The van der Waals surface area contributed by atoms with Crippen LogP contribution in [0, 0.1) is 11.3 Å². The Kier molecular flexibility index (Phi) is 3.16. The lowest BCUT2D eigenvalue weighted by atomic mass is 10.1. The summed E-state index contributed by atoms with van der Waals surface area (Å²) >= 11 is 5.88. The van der Waals surface area contributed by atoms with E-state index in [1.54, 1.807) is 19.2 Å². The zero-order chi connectivity index (χ0) is 9.84. The molecule has 0 aromatic heterocycles. The molecule has 1 rings (SSSR count). The third-order valence-electron chi connectivity index (χ3n) is 1.80. The molecule has 0 saturated carbocycles. The number of rotatable bonds is 2. The molecule has 13 heavy (non-hydrogen) atoms. The molecule has 0 N–H and O–H groups in total. The van der Waals surface area contributed by atoms with Crippen molar-refractivity contribution in [2.75, 3.05) is 7.11 Å². The molecule has 68 valence electrons. The lowest BCUT2D eigenvalue weighted by molar-refractivity contribution is 0.413. The fourth-order valence-corrected chi connectivity index (χ4v) is 1.20. The molecule has 1 atom stereocenters. The van der Waals surface area contributed by atoms with Gasteiger partial charge in [0, 0.05) is 0 Å². The molecule has 0 aliphatic heterocycles. The van der Waals surface area contributed by atoms with Crippen LogP contribution in [0.1, 0.15) is 23.4 Å². The Balaban J connectivity index is 3.15. The van der Waals surface area contributed by atoms with E-state index in [0.717, 1.165) is 5.56 Å². The van der Waals surface area contributed by atoms with Crippen LogP contribution < -0.4 is 4.74 Å². The van der Waals surface area contributed by atoms with Gasteiger partial charge in [0.15, 0.2) is 0 Å². The van der Waals surface area contributed by atoms with Crippen LogP contribution >= 0.6 is 11.6 Å². The Morgan fingerprint density at radius 1 is 1.54 bits per heavy atom. The van der Waals surface area contributed by atoms with Gasteiger partial charge in [0.25, 0.3) is 0 Å². The van der Waals surface area contributed by atoms with Crippen molar-refractivity contribution in [3.8, 4) is 11.8 Å². The zero-order valence-corrected chi connectivity index (χ0v) is 8.30. The number of benzene rings is 1. The van der Waals surface area contributed by atoms with Crippen molar-refractivity contribution >= 4 is 11.6 Å². The van der Waals surface area contributed by atoms with E-state index in [1.165, 1.54) is 0 Å². The first-order chi connectivity index (χ1) is 6.19. The Labute approximate surface area is 82.7 Å². The summed E-state index contributed by atoms with van der Waals surface area (Å²) in [5, 5.41) is 8.70. The molecule has 0 saturated heterocycles. The first-order valence-corrected chi connectivity index (χ1v) is 4.34. The number of ether oxygens (including phenoxy) is 1. The fraction of sp³-hybridized carbons (Fsp3) is 0.300. The van der Waals surface area contributed by atoms with Gasteiger partial charge in [0.2, 0.25) is 0 Å². The molecule has 0 bridgehead atoms. The van der Waals surface area contributed by atoms with Crippen molar-refractivity contribution in [1.82, 2.24) is 0 Å². The van der Waals surface area contributed by atoms with E-state index in [4.69, 9.17) is 21.6 Å². The third kappa shape index (κ3) is 2.13. The van der Waals surface area contributed by atoms with Gasteiger partial charge in [-0.25, -0.2) is 0 Å². The van der Waals surface area contributed by atoms with Crippen LogP contribution in [0.5, 0.6) is 5.75 Å². The van der Waals surface area contributed by atoms with Crippen molar-refractivity contribution in [2.24, 2.45) is 0 Å². The second-order valence-electron chi connectivity index (χ2n) is 2.69. The van der Waals surface area contributed by atoms with E-state index < -0.39 is 0 Å². The highest BCUT2D eigenvalue weighted by atomic mass is 35.5. The fourth-order valence-electron chi connectivity index (χ4n) is 1.06. The first kappa shape index (κ1) is 9.88. The molecule has 2 nitrogen and oxygen atoms in total. The molecule has 0 aliphatic carbocycles. The first-order valence-electron chi connectivity index (χ1n) is 3.91. The molecule has 0 radical (unpaired) electrons. The topological polar surface area (TPSA) is 33.0 Å². The highest BCUT2D eigenvalue weighted by Gasteiger charge is 2.06. The minimum Gasteiger partial charge on any atom is -0.495 e. The van der Waals surface area contributed by atoms with Crippen molar-refractivity contribution in [3.63, 3.8) is 0 Å². The lowest BCUT2D eigenvalue weighted by Crippen LogP contribution is -1.91. The van der Waals surface area contributed by atoms with E-state index in [1.807, 2.05) is 13.0 Å². The number of methoxy groups -OCH3 is 1. The molecular weight excluding hydrogens is 186 g/mol. The van der Waals surface area contributed by atoms with Gasteiger partial charge in [-0.05, 0) is 24.6 Å². The van der Waals surface area contributed by atoms with E-state index >= 15 is 0 Å². The second-order valence-corrected chi connectivity index (χ2v) is 3.34. The van der Waals surface area contributed by atoms with Gasteiger partial charge in [-0.1, -0.05) is 6.07 Å². The van der Waals surface area contributed by atoms with Crippen molar-refractivity contribution in [3.05, 3.63) is 29.3 Å². The zero-order valence-electron chi connectivity index (χ0n) is 7.54. The summed E-state index contributed by atoms with van der Waals surface area (Å²) in [4.78, 5) is 0. The molecule has 1 aromatic rings. The molecule has 0 spiro atoms. The van der Waals surface area contributed by atoms with Crippen molar-refractivity contribution in [1.29, 1.82) is 5.26 Å². The van der Waals surface area contributed by atoms with E-state index in [0.29, 0.717) is 11.3 Å². The maximum Gasteiger partial charge on any atom is 0.136 e. The highest BCUT2D eigenvalue weighted by molar-refractivity contribution is 6.20. The van der Waals surface area contributed by atoms with Crippen LogP contribution in [-0.2, 0) is 0 Å². The van der Waals surface area contributed by atoms with Crippen LogP contribution in [0.3, 0.4) is 0 Å². The van der Waals surface area contributed by atoms with E-state index in [2.05, 4.69) is 6.07 Å². The number of hydrogen-bond donors (Lipinski definition) is 0. The van der Waals surface area contributed by atoms with Gasteiger partial charge in [0.05, 0.1) is 18.1 Å². The number of nitriles is 1. The van der Waals surface area contributed by atoms with E-state index in [-0.39, 0.29) is 5.38 Å². The molecule has 0 aliphatic rings. The largest absolute Gasteiger partial charge is 0.495 e. The quantitative estimate of drug-likeness (QED) is 0.680. The second kappa shape index (κ2) is 4.15. The number of alkyl halides is 1. The average Bonchev–Trinajstić information content (AvgIpc) is 2.16. The molecule has 0 heterocycles. The number of hydrogen-bond acceptors (Lipinski definition) is 2. The van der Waals surface area contributed by atoms with E-state index in [9.17, 15) is 0 Å². The minimum atomic E-state index is -0.0852. The molecule has 0 fully saturated rings. The predicted molar refractivity (Wildman–Crippen MR) is 52.0 cm³/mol. The number of halogens is 1. The van der Waals surface area contributed by atoms with Gasteiger partial charge < -0.3 is 4.74 Å². The molecule has 1 aromatic carbocycles. The Hall–Kier alpha value is -1.20. The smallest absolute Gasteiger partial charge is 0.136 e. The maximum atomic E-state index is 8.78.